The minimum Gasteiger partial charge on any atom is -0.505 e. The van der Waals surface area contributed by atoms with Crippen LogP contribution in [0.15, 0.2) is 36.4 Å². The lowest BCUT2D eigenvalue weighted by atomic mass is 10.1. The lowest BCUT2D eigenvalue weighted by Gasteiger charge is -2.11. The first-order valence-corrected chi connectivity index (χ1v) is 6.86. The number of aryl methyl sites for hydroxylation is 1. The summed E-state index contributed by atoms with van der Waals surface area (Å²) in [7, 11) is 0. The number of para-hydroxylation sites is 1. The largest absolute Gasteiger partial charge is 0.505 e. The summed E-state index contributed by atoms with van der Waals surface area (Å²) in [5, 5.41) is 13.4. The molecule has 2 aromatic rings. The maximum atomic E-state index is 9.51. The van der Waals surface area contributed by atoms with E-state index in [2.05, 4.69) is 18.3 Å². The molecule has 0 spiro atoms. The highest BCUT2D eigenvalue weighted by molar-refractivity contribution is 6.37. The Balaban J connectivity index is 2.15. The number of phenols is 1. The van der Waals surface area contributed by atoms with E-state index < -0.39 is 0 Å². The van der Waals surface area contributed by atoms with Crippen LogP contribution in [0.2, 0.25) is 10.0 Å². The summed E-state index contributed by atoms with van der Waals surface area (Å²) in [5.74, 6) is -0.0685. The predicted molar refractivity (Wildman–Crippen MR) is 81.3 cm³/mol. The van der Waals surface area contributed by atoms with Crippen LogP contribution in [0.5, 0.6) is 5.75 Å². The molecule has 2 N–H and O–H groups in total. The van der Waals surface area contributed by atoms with E-state index in [1.165, 1.54) is 5.56 Å². The van der Waals surface area contributed by atoms with Crippen molar-refractivity contribution in [3.63, 3.8) is 0 Å². The van der Waals surface area contributed by atoms with Gasteiger partial charge in [-0.15, -0.1) is 0 Å². The molecule has 0 fully saturated rings. The highest BCUT2D eigenvalue weighted by Crippen LogP contribution is 2.33. The third-order valence-electron chi connectivity index (χ3n) is 2.96. The van der Waals surface area contributed by atoms with E-state index in [0.29, 0.717) is 6.54 Å². The normalized spacial score (nSPS) is 10.5. The quantitative estimate of drug-likeness (QED) is 0.843. The van der Waals surface area contributed by atoms with Crippen LogP contribution in [-0.4, -0.2) is 5.11 Å². The molecule has 19 heavy (non-hydrogen) atoms. The summed E-state index contributed by atoms with van der Waals surface area (Å²) >= 11 is 11.8. The van der Waals surface area contributed by atoms with Crippen LogP contribution in [0.4, 0.5) is 5.69 Å². The maximum absolute atomic E-state index is 9.51. The molecule has 0 radical (unpaired) electrons. The van der Waals surface area contributed by atoms with Gasteiger partial charge in [-0.2, -0.15) is 0 Å². The number of benzene rings is 2. The van der Waals surface area contributed by atoms with Gasteiger partial charge in [0.15, 0.2) is 5.75 Å². The predicted octanol–water partition coefficient (Wildman–Crippen LogP) is 4.87. The van der Waals surface area contributed by atoms with Gasteiger partial charge in [0.25, 0.3) is 0 Å². The smallest absolute Gasteiger partial charge is 0.152 e. The van der Waals surface area contributed by atoms with Gasteiger partial charge in [0.1, 0.15) is 0 Å². The fraction of sp³-hybridized carbons (Fsp3) is 0.200. The van der Waals surface area contributed by atoms with E-state index in [9.17, 15) is 5.11 Å². The van der Waals surface area contributed by atoms with E-state index in [1.54, 1.807) is 12.1 Å². The second kappa shape index (κ2) is 6.18. The van der Waals surface area contributed by atoms with Crippen molar-refractivity contribution in [3.05, 3.63) is 57.6 Å². The minimum atomic E-state index is -0.0685. The zero-order chi connectivity index (χ0) is 13.8. The third kappa shape index (κ3) is 3.34. The van der Waals surface area contributed by atoms with E-state index in [-0.39, 0.29) is 15.8 Å². The third-order valence-corrected chi connectivity index (χ3v) is 3.53. The van der Waals surface area contributed by atoms with Crippen LogP contribution in [0.1, 0.15) is 18.1 Å². The Labute approximate surface area is 123 Å². The Kier molecular flexibility index (Phi) is 4.56. The van der Waals surface area contributed by atoms with Crippen molar-refractivity contribution < 1.29 is 5.11 Å². The fourth-order valence-electron chi connectivity index (χ4n) is 1.92. The highest BCUT2D eigenvalue weighted by atomic mass is 35.5. The number of hydrogen-bond donors (Lipinski definition) is 2. The first-order valence-electron chi connectivity index (χ1n) is 6.10. The maximum Gasteiger partial charge on any atom is 0.152 e. The molecule has 2 nitrogen and oxygen atoms in total. The van der Waals surface area contributed by atoms with Gasteiger partial charge in [-0.3, -0.25) is 0 Å². The van der Waals surface area contributed by atoms with E-state index in [4.69, 9.17) is 23.2 Å². The average molecular weight is 296 g/mol. The van der Waals surface area contributed by atoms with Crippen molar-refractivity contribution in [1.29, 1.82) is 0 Å². The number of anilines is 1. The molecule has 0 aliphatic carbocycles. The zero-order valence-electron chi connectivity index (χ0n) is 10.6. The van der Waals surface area contributed by atoms with Gasteiger partial charge in [-0.25, -0.2) is 0 Å². The SMILES string of the molecule is CCc1ccccc1NCc1cc(Cl)c(O)c(Cl)c1. The number of nitrogens with one attached hydrogen (secondary N) is 1. The molecule has 0 saturated carbocycles. The van der Waals surface area contributed by atoms with Crippen LogP contribution in [-0.2, 0) is 13.0 Å². The van der Waals surface area contributed by atoms with Crippen LogP contribution >= 0.6 is 23.2 Å². The molecule has 0 amide bonds. The summed E-state index contributed by atoms with van der Waals surface area (Å²) in [5.41, 5.74) is 3.29. The molecule has 0 aliphatic rings. The van der Waals surface area contributed by atoms with Gasteiger partial charge >= 0.3 is 0 Å². The van der Waals surface area contributed by atoms with Crippen molar-refractivity contribution in [1.82, 2.24) is 0 Å². The first-order chi connectivity index (χ1) is 9.11. The Hall–Kier alpha value is -1.38. The monoisotopic (exact) mass is 295 g/mol. The van der Waals surface area contributed by atoms with Crippen molar-refractivity contribution in [2.24, 2.45) is 0 Å². The van der Waals surface area contributed by atoms with E-state index in [0.717, 1.165) is 17.7 Å². The molecule has 0 saturated heterocycles. The molecular weight excluding hydrogens is 281 g/mol. The molecule has 0 bridgehead atoms. The van der Waals surface area contributed by atoms with Gasteiger partial charge in [0.05, 0.1) is 10.0 Å². The van der Waals surface area contributed by atoms with Gasteiger partial charge < -0.3 is 10.4 Å². The molecule has 4 heteroatoms. The summed E-state index contributed by atoms with van der Waals surface area (Å²) in [6.45, 7) is 2.73. The number of hydrogen-bond acceptors (Lipinski definition) is 2. The second-order valence-electron chi connectivity index (χ2n) is 4.27. The number of rotatable bonds is 4. The molecule has 0 heterocycles. The molecule has 2 aromatic carbocycles. The molecule has 0 aliphatic heterocycles. The standard InChI is InChI=1S/C15H15Cl2NO/c1-2-11-5-3-4-6-14(11)18-9-10-7-12(16)15(19)13(17)8-10/h3-8,18-19H,2,9H2,1H3. The van der Waals surface area contributed by atoms with Crippen molar-refractivity contribution in [2.75, 3.05) is 5.32 Å². The zero-order valence-corrected chi connectivity index (χ0v) is 12.1. The van der Waals surface area contributed by atoms with E-state index >= 15 is 0 Å². The van der Waals surface area contributed by atoms with Gasteiger partial charge in [-0.1, -0.05) is 48.3 Å². The summed E-state index contributed by atoms with van der Waals surface area (Å²) < 4.78 is 0. The lowest BCUT2D eigenvalue weighted by Crippen LogP contribution is -2.02. The van der Waals surface area contributed by atoms with Gasteiger partial charge in [0.2, 0.25) is 0 Å². The Morgan fingerprint density at radius 1 is 1.11 bits per heavy atom. The summed E-state index contributed by atoms with van der Waals surface area (Å²) in [6, 6.07) is 11.6. The molecule has 0 unspecified atom stereocenters. The Morgan fingerprint density at radius 2 is 1.74 bits per heavy atom. The van der Waals surface area contributed by atoms with Crippen molar-refractivity contribution >= 4 is 28.9 Å². The van der Waals surface area contributed by atoms with E-state index in [1.807, 2.05) is 18.2 Å². The Bertz CT molecular complexity index is 561. The number of phenolic OH excluding ortho intramolecular Hbond substituents is 1. The molecule has 100 valence electrons. The molecule has 2 rings (SSSR count). The van der Waals surface area contributed by atoms with Gasteiger partial charge in [0, 0.05) is 12.2 Å². The summed E-state index contributed by atoms with van der Waals surface area (Å²) in [6.07, 6.45) is 0.972. The van der Waals surface area contributed by atoms with Crippen molar-refractivity contribution in [2.45, 2.75) is 19.9 Å². The minimum absolute atomic E-state index is 0.0685. The van der Waals surface area contributed by atoms with Crippen LogP contribution in [0.25, 0.3) is 0 Å². The molecular formula is C15H15Cl2NO. The second-order valence-corrected chi connectivity index (χ2v) is 5.09. The van der Waals surface area contributed by atoms with Crippen molar-refractivity contribution in [3.8, 4) is 5.75 Å². The van der Waals surface area contributed by atoms with Crippen LogP contribution in [0, 0.1) is 0 Å². The molecule has 0 atom stereocenters. The number of aromatic hydroxyl groups is 1. The first kappa shape index (κ1) is 14.0. The highest BCUT2D eigenvalue weighted by Gasteiger charge is 2.07. The molecule has 0 aromatic heterocycles. The van der Waals surface area contributed by atoms with Gasteiger partial charge in [-0.05, 0) is 35.7 Å². The van der Waals surface area contributed by atoms with Crippen LogP contribution < -0.4 is 5.32 Å². The topological polar surface area (TPSA) is 32.3 Å². The lowest BCUT2D eigenvalue weighted by molar-refractivity contribution is 0.475. The number of halogens is 2. The summed E-state index contributed by atoms with van der Waals surface area (Å²) in [4.78, 5) is 0. The average Bonchev–Trinajstić information content (AvgIpc) is 2.42. The van der Waals surface area contributed by atoms with Crippen LogP contribution in [0.3, 0.4) is 0 Å². The Morgan fingerprint density at radius 3 is 2.37 bits per heavy atom. The fourth-order valence-corrected chi connectivity index (χ4v) is 2.45.